The monoisotopic (exact) mass is 243 g/mol. The molecule has 0 fully saturated rings. The Morgan fingerprint density at radius 2 is 1.82 bits per heavy atom. The molecule has 1 amide bonds. The van der Waals surface area contributed by atoms with E-state index in [1.807, 2.05) is 0 Å². The van der Waals surface area contributed by atoms with Crippen molar-refractivity contribution >= 4 is 11.9 Å². The van der Waals surface area contributed by atoms with E-state index in [1.165, 1.54) is 7.11 Å². The second kappa shape index (κ2) is 10.1. The first-order valence-electron chi connectivity index (χ1n) is 6.39. The third-order valence-electron chi connectivity index (χ3n) is 2.56. The van der Waals surface area contributed by atoms with Gasteiger partial charge < -0.3 is 10.1 Å². The quantitative estimate of drug-likeness (QED) is 0.499. The molecular weight excluding hydrogens is 218 g/mol. The molecule has 0 spiro atoms. The van der Waals surface area contributed by atoms with Crippen LogP contribution >= 0.6 is 0 Å². The fraction of sp³-hybridized carbons (Fsp3) is 0.846. The van der Waals surface area contributed by atoms with Crippen molar-refractivity contribution < 1.29 is 14.3 Å². The molecule has 0 saturated carbocycles. The van der Waals surface area contributed by atoms with E-state index in [2.05, 4.69) is 23.9 Å². The zero-order chi connectivity index (χ0) is 13.1. The average Bonchev–Trinajstić information content (AvgIpc) is 2.30. The molecule has 0 heterocycles. The third kappa shape index (κ3) is 11.2. The van der Waals surface area contributed by atoms with E-state index in [0.717, 1.165) is 25.7 Å². The van der Waals surface area contributed by atoms with Crippen LogP contribution in [0.2, 0.25) is 0 Å². The van der Waals surface area contributed by atoms with Crippen LogP contribution in [0.25, 0.3) is 0 Å². The van der Waals surface area contributed by atoms with Gasteiger partial charge in [0.05, 0.1) is 7.11 Å². The van der Waals surface area contributed by atoms with E-state index in [-0.39, 0.29) is 11.9 Å². The van der Waals surface area contributed by atoms with Crippen molar-refractivity contribution in [2.24, 2.45) is 5.92 Å². The number of esters is 1. The van der Waals surface area contributed by atoms with E-state index in [4.69, 9.17) is 0 Å². The summed E-state index contributed by atoms with van der Waals surface area (Å²) in [6.07, 6.45) is 4.71. The topological polar surface area (TPSA) is 55.4 Å². The number of unbranched alkanes of at least 4 members (excludes halogenated alkanes) is 2. The van der Waals surface area contributed by atoms with Crippen molar-refractivity contribution in [3.8, 4) is 0 Å². The van der Waals surface area contributed by atoms with E-state index in [0.29, 0.717) is 25.3 Å². The molecule has 0 aromatic heterocycles. The number of amides is 1. The predicted octanol–water partition coefficient (Wildman–Crippen LogP) is 2.27. The fourth-order valence-electron chi connectivity index (χ4n) is 1.41. The van der Waals surface area contributed by atoms with Gasteiger partial charge in [-0.25, -0.2) is 0 Å². The van der Waals surface area contributed by atoms with Crippen LogP contribution in [-0.2, 0) is 14.3 Å². The first-order chi connectivity index (χ1) is 8.06. The average molecular weight is 243 g/mol. The highest BCUT2D eigenvalue weighted by molar-refractivity contribution is 5.75. The number of carbonyl (C=O) groups excluding carboxylic acids is 2. The SMILES string of the molecule is COC(=O)CCCCCNC(=O)CCC(C)C. The summed E-state index contributed by atoms with van der Waals surface area (Å²) in [6, 6.07) is 0. The molecule has 0 unspecified atom stereocenters. The summed E-state index contributed by atoms with van der Waals surface area (Å²) in [5.74, 6) is 0.540. The van der Waals surface area contributed by atoms with Crippen LogP contribution in [0.5, 0.6) is 0 Å². The maximum atomic E-state index is 11.3. The van der Waals surface area contributed by atoms with Crippen molar-refractivity contribution in [1.82, 2.24) is 5.32 Å². The number of hydrogen-bond donors (Lipinski definition) is 1. The Morgan fingerprint density at radius 3 is 2.41 bits per heavy atom. The lowest BCUT2D eigenvalue weighted by Gasteiger charge is -2.06. The summed E-state index contributed by atoms with van der Waals surface area (Å²) < 4.78 is 4.54. The third-order valence-corrected chi connectivity index (χ3v) is 2.56. The minimum Gasteiger partial charge on any atom is -0.469 e. The number of ether oxygens (including phenoxy) is 1. The van der Waals surface area contributed by atoms with Gasteiger partial charge >= 0.3 is 5.97 Å². The second-order valence-electron chi connectivity index (χ2n) is 4.67. The Hall–Kier alpha value is -1.06. The maximum Gasteiger partial charge on any atom is 0.305 e. The summed E-state index contributed by atoms with van der Waals surface area (Å²) in [7, 11) is 1.40. The van der Waals surface area contributed by atoms with Crippen LogP contribution < -0.4 is 5.32 Å². The molecule has 0 aromatic rings. The molecule has 4 nitrogen and oxygen atoms in total. The van der Waals surface area contributed by atoms with Crippen LogP contribution in [0.4, 0.5) is 0 Å². The molecule has 17 heavy (non-hydrogen) atoms. The Bertz CT molecular complexity index is 227. The minimum atomic E-state index is -0.161. The van der Waals surface area contributed by atoms with Crippen LogP contribution in [-0.4, -0.2) is 25.5 Å². The molecule has 0 atom stereocenters. The summed E-state index contributed by atoms with van der Waals surface area (Å²) in [5, 5.41) is 2.89. The van der Waals surface area contributed by atoms with Crippen molar-refractivity contribution in [2.75, 3.05) is 13.7 Å². The van der Waals surface area contributed by atoms with E-state index < -0.39 is 0 Å². The zero-order valence-electron chi connectivity index (χ0n) is 11.3. The predicted molar refractivity (Wildman–Crippen MR) is 67.6 cm³/mol. The lowest BCUT2D eigenvalue weighted by Crippen LogP contribution is -2.24. The highest BCUT2D eigenvalue weighted by Gasteiger charge is 2.03. The highest BCUT2D eigenvalue weighted by Crippen LogP contribution is 2.03. The van der Waals surface area contributed by atoms with Crippen molar-refractivity contribution in [3.05, 3.63) is 0 Å². The standard InChI is InChI=1S/C13H25NO3/c1-11(2)8-9-12(15)14-10-6-4-5-7-13(16)17-3/h11H,4-10H2,1-3H3,(H,14,15). The van der Waals surface area contributed by atoms with Crippen molar-refractivity contribution in [3.63, 3.8) is 0 Å². The summed E-state index contributed by atoms with van der Waals surface area (Å²) >= 11 is 0. The Labute approximate surface area is 104 Å². The fourth-order valence-corrected chi connectivity index (χ4v) is 1.41. The number of methoxy groups -OCH3 is 1. The van der Waals surface area contributed by atoms with E-state index in [1.54, 1.807) is 0 Å². The van der Waals surface area contributed by atoms with Gasteiger partial charge in [0.25, 0.3) is 0 Å². The normalized spacial score (nSPS) is 10.4. The first-order valence-corrected chi connectivity index (χ1v) is 6.39. The van der Waals surface area contributed by atoms with Crippen LogP contribution in [0, 0.1) is 5.92 Å². The summed E-state index contributed by atoms with van der Waals surface area (Å²) in [4.78, 5) is 22.2. The van der Waals surface area contributed by atoms with Gasteiger partial charge in [0, 0.05) is 19.4 Å². The van der Waals surface area contributed by atoms with Gasteiger partial charge in [-0.15, -0.1) is 0 Å². The molecular formula is C13H25NO3. The molecule has 0 aromatic carbocycles. The minimum absolute atomic E-state index is 0.131. The van der Waals surface area contributed by atoms with Gasteiger partial charge in [-0.3, -0.25) is 9.59 Å². The number of carbonyl (C=O) groups is 2. The molecule has 0 bridgehead atoms. The second-order valence-corrected chi connectivity index (χ2v) is 4.67. The number of hydrogen-bond acceptors (Lipinski definition) is 3. The van der Waals surface area contributed by atoms with Gasteiger partial charge in [0.15, 0.2) is 0 Å². The summed E-state index contributed by atoms with van der Waals surface area (Å²) in [6.45, 7) is 4.93. The molecule has 0 aliphatic rings. The lowest BCUT2D eigenvalue weighted by molar-refractivity contribution is -0.140. The molecule has 100 valence electrons. The molecule has 0 aliphatic carbocycles. The van der Waals surface area contributed by atoms with E-state index in [9.17, 15) is 9.59 Å². The largest absolute Gasteiger partial charge is 0.469 e. The smallest absolute Gasteiger partial charge is 0.305 e. The van der Waals surface area contributed by atoms with Gasteiger partial charge in [-0.05, 0) is 25.2 Å². The van der Waals surface area contributed by atoms with Crippen LogP contribution in [0.1, 0.15) is 52.4 Å². The van der Waals surface area contributed by atoms with Gasteiger partial charge in [0.2, 0.25) is 5.91 Å². The molecule has 0 radical (unpaired) electrons. The lowest BCUT2D eigenvalue weighted by atomic mass is 10.1. The van der Waals surface area contributed by atoms with Gasteiger partial charge in [-0.1, -0.05) is 20.3 Å². The van der Waals surface area contributed by atoms with Crippen molar-refractivity contribution in [1.29, 1.82) is 0 Å². The van der Waals surface area contributed by atoms with Crippen molar-refractivity contribution in [2.45, 2.75) is 52.4 Å². The highest BCUT2D eigenvalue weighted by atomic mass is 16.5. The first kappa shape index (κ1) is 15.9. The molecule has 1 N–H and O–H groups in total. The van der Waals surface area contributed by atoms with E-state index >= 15 is 0 Å². The number of rotatable bonds is 9. The Balaban J connectivity index is 3.27. The Kier molecular flexibility index (Phi) is 9.49. The number of nitrogens with one attached hydrogen (secondary N) is 1. The van der Waals surface area contributed by atoms with Gasteiger partial charge in [0.1, 0.15) is 0 Å². The van der Waals surface area contributed by atoms with Crippen LogP contribution in [0.15, 0.2) is 0 Å². The molecule has 0 saturated heterocycles. The molecule has 0 rings (SSSR count). The van der Waals surface area contributed by atoms with Gasteiger partial charge in [-0.2, -0.15) is 0 Å². The Morgan fingerprint density at radius 1 is 1.12 bits per heavy atom. The van der Waals surface area contributed by atoms with Crippen LogP contribution in [0.3, 0.4) is 0 Å². The maximum absolute atomic E-state index is 11.3. The summed E-state index contributed by atoms with van der Waals surface area (Å²) in [5.41, 5.74) is 0. The zero-order valence-corrected chi connectivity index (χ0v) is 11.3. The molecule has 4 heteroatoms. The molecule has 0 aliphatic heterocycles.